The first kappa shape index (κ1) is 9.28. The van der Waals surface area contributed by atoms with Gasteiger partial charge >= 0.3 is 0 Å². The van der Waals surface area contributed by atoms with Crippen LogP contribution in [0.25, 0.3) is 0 Å². The van der Waals surface area contributed by atoms with Crippen LogP contribution in [0.1, 0.15) is 33.6 Å². The van der Waals surface area contributed by atoms with Crippen LogP contribution in [0.3, 0.4) is 0 Å². The molecule has 2 N–H and O–H groups in total. The number of nitrogens with two attached hydrogens (primary N) is 1. The molecule has 0 aromatic rings. The SMILES string of the molecule is CC(C)=CCC/C(C)=C/N. The van der Waals surface area contributed by atoms with Crippen LogP contribution in [0.15, 0.2) is 23.4 Å². The van der Waals surface area contributed by atoms with E-state index < -0.39 is 0 Å². The largest absolute Gasteiger partial charge is 0.405 e. The lowest BCUT2D eigenvalue weighted by molar-refractivity contribution is 0.961. The van der Waals surface area contributed by atoms with E-state index in [9.17, 15) is 0 Å². The Hall–Kier alpha value is -0.720. The third-order valence-electron chi connectivity index (χ3n) is 1.38. The molecular formula is C9H17N. The predicted molar refractivity (Wildman–Crippen MR) is 46.6 cm³/mol. The smallest absolute Gasteiger partial charge is 0.00732 e. The van der Waals surface area contributed by atoms with Crippen molar-refractivity contribution in [1.29, 1.82) is 0 Å². The summed E-state index contributed by atoms with van der Waals surface area (Å²) >= 11 is 0. The van der Waals surface area contributed by atoms with Crippen LogP contribution in [0, 0.1) is 0 Å². The molecular weight excluding hydrogens is 122 g/mol. The zero-order chi connectivity index (χ0) is 7.98. The Kier molecular flexibility index (Phi) is 4.73. The van der Waals surface area contributed by atoms with Crippen LogP contribution in [0.5, 0.6) is 0 Å². The van der Waals surface area contributed by atoms with Gasteiger partial charge in [-0.1, -0.05) is 17.2 Å². The van der Waals surface area contributed by atoms with Gasteiger partial charge in [0.1, 0.15) is 0 Å². The van der Waals surface area contributed by atoms with Crippen molar-refractivity contribution < 1.29 is 0 Å². The van der Waals surface area contributed by atoms with E-state index in [-0.39, 0.29) is 0 Å². The van der Waals surface area contributed by atoms with E-state index in [0.717, 1.165) is 12.8 Å². The highest BCUT2D eigenvalue weighted by Crippen LogP contribution is 2.04. The molecule has 0 aliphatic carbocycles. The molecule has 58 valence electrons. The van der Waals surface area contributed by atoms with Crippen LogP contribution in [0.4, 0.5) is 0 Å². The Labute approximate surface area is 63.6 Å². The van der Waals surface area contributed by atoms with Crippen molar-refractivity contribution in [3.05, 3.63) is 23.4 Å². The highest BCUT2D eigenvalue weighted by Gasteiger charge is 1.85. The minimum absolute atomic E-state index is 1.08. The van der Waals surface area contributed by atoms with Gasteiger partial charge < -0.3 is 5.73 Å². The molecule has 1 heteroatoms. The van der Waals surface area contributed by atoms with Crippen LogP contribution >= 0.6 is 0 Å². The highest BCUT2D eigenvalue weighted by atomic mass is 14.5. The van der Waals surface area contributed by atoms with Gasteiger partial charge in [0.05, 0.1) is 0 Å². The second-order valence-electron chi connectivity index (χ2n) is 2.83. The van der Waals surface area contributed by atoms with Gasteiger partial charge in [-0.15, -0.1) is 0 Å². The third-order valence-corrected chi connectivity index (χ3v) is 1.38. The average Bonchev–Trinajstić information content (AvgIpc) is 1.87. The monoisotopic (exact) mass is 139 g/mol. The lowest BCUT2D eigenvalue weighted by atomic mass is 10.1. The lowest BCUT2D eigenvalue weighted by Gasteiger charge is -1.95. The van der Waals surface area contributed by atoms with E-state index in [2.05, 4.69) is 26.8 Å². The lowest BCUT2D eigenvalue weighted by Crippen LogP contribution is -1.83. The van der Waals surface area contributed by atoms with Gasteiger partial charge in [-0.25, -0.2) is 0 Å². The van der Waals surface area contributed by atoms with Crippen LogP contribution in [-0.4, -0.2) is 0 Å². The molecule has 0 radical (unpaired) electrons. The molecule has 0 aliphatic rings. The highest BCUT2D eigenvalue weighted by molar-refractivity contribution is 5.00. The van der Waals surface area contributed by atoms with E-state index in [1.165, 1.54) is 11.1 Å². The third kappa shape index (κ3) is 5.42. The number of allylic oxidation sites excluding steroid dienone is 3. The maximum Gasteiger partial charge on any atom is -0.00732 e. The normalized spacial score (nSPS) is 11.3. The summed E-state index contributed by atoms with van der Waals surface area (Å²) in [7, 11) is 0. The molecule has 0 aromatic heterocycles. The van der Waals surface area contributed by atoms with E-state index in [1.54, 1.807) is 6.20 Å². The Morgan fingerprint density at radius 1 is 1.30 bits per heavy atom. The zero-order valence-electron chi connectivity index (χ0n) is 7.15. The van der Waals surface area contributed by atoms with Crippen molar-refractivity contribution in [1.82, 2.24) is 0 Å². The molecule has 0 saturated carbocycles. The fourth-order valence-corrected chi connectivity index (χ4v) is 0.672. The summed E-state index contributed by atoms with van der Waals surface area (Å²) in [5, 5.41) is 0. The molecule has 0 heterocycles. The van der Waals surface area contributed by atoms with Crippen LogP contribution in [0.2, 0.25) is 0 Å². The van der Waals surface area contributed by atoms with Crippen LogP contribution < -0.4 is 5.73 Å². The molecule has 0 bridgehead atoms. The molecule has 0 atom stereocenters. The summed E-state index contributed by atoms with van der Waals surface area (Å²) in [6.45, 7) is 6.28. The Morgan fingerprint density at radius 3 is 2.30 bits per heavy atom. The first-order valence-electron chi connectivity index (χ1n) is 3.67. The van der Waals surface area contributed by atoms with E-state index in [1.807, 2.05) is 0 Å². The maximum absolute atomic E-state index is 5.31. The second-order valence-corrected chi connectivity index (χ2v) is 2.83. The second kappa shape index (κ2) is 5.10. The molecule has 0 fully saturated rings. The van der Waals surface area contributed by atoms with Gasteiger partial charge in [-0.05, 0) is 39.8 Å². The summed E-state index contributed by atoms with van der Waals surface area (Å²) in [4.78, 5) is 0. The van der Waals surface area contributed by atoms with Gasteiger partial charge in [0.15, 0.2) is 0 Å². The molecule has 10 heavy (non-hydrogen) atoms. The number of hydrogen-bond acceptors (Lipinski definition) is 1. The Morgan fingerprint density at radius 2 is 1.90 bits per heavy atom. The van der Waals surface area contributed by atoms with E-state index >= 15 is 0 Å². The Bertz CT molecular complexity index is 139. The van der Waals surface area contributed by atoms with Gasteiger partial charge in [0.25, 0.3) is 0 Å². The van der Waals surface area contributed by atoms with Crippen molar-refractivity contribution >= 4 is 0 Å². The van der Waals surface area contributed by atoms with Gasteiger partial charge in [0, 0.05) is 0 Å². The van der Waals surface area contributed by atoms with Gasteiger partial charge in [0.2, 0.25) is 0 Å². The minimum Gasteiger partial charge on any atom is -0.405 e. The number of rotatable bonds is 3. The summed E-state index contributed by atoms with van der Waals surface area (Å²) in [5.74, 6) is 0. The topological polar surface area (TPSA) is 26.0 Å². The molecule has 0 unspecified atom stereocenters. The number of hydrogen-bond donors (Lipinski definition) is 1. The molecule has 0 rings (SSSR count). The van der Waals surface area contributed by atoms with Crippen molar-refractivity contribution in [3.63, 3.8) is 0 Å². The standard InChI is InChI=1S/C9H17N/c1-8(2)5-4-6-9(3)7-10/h5,7H,4,6,10H2,1-3H3/b9-7+. The molecule has 0 spiro atoms. The van der Waals surface area contributed by atoms with Crippen molar-refractivity contribution in [3.8, 4) is 0 Å². The van der Waals surface area contributed by atoms with Crippen molar-refractivity contribution in [2.75, 3.05) is 0 Å². The molecule has 0 amide bonds. The van der Waals surface area contributed by atoms with Gasteiger partial charge in [-0.3, -0.25) is 0 Å². The fourth-order valence-electron chi connectivity index (χ4n) is 0.672. The van der Waals surface area contributed by atoms with Crippen LogP contribution in [-0.2, 0) is 0 Å². The minimum atomic E-state index is 1.08. The quantitative estimate of drug-likeness (QED) is 0.597. The average molecular weight is 139 g/mol. The molecule has 0 aliphatic heterocycles. The Balaban J connectivity index is 3.47. The summed E-state index contributed by atoms with van der Waals surface area (Å²) in [6, 6.07) is 0. The molecule has 1 nitrogen and oxygen atoms in total. The predicted octanol–water partition coefficient (Wildman–Crippen LogP) is 2.60. The first-order chi connectivity index (χ1) is 4.66. The fraction of sp³-hybridized carbons (Fsp3) is 0.556. The van der Waals surface area contributed by atoms with Crippen molar-refractivity contribution in [2.45, 2.75) is 33.6 Å². The molecule has 0 aromatic carbocycles. The zero-order valence-corrected chi connectivity index (χ0v) is 7.15. The first-order valence-corrected chi connectivity index (χ1v) is 3.67. The summed E-state index contributed by atoms with van der Waals surface area (Å²) in [6.07, 6.45) is 6.11. The van der Waals surface area contributed by atoms with E-state index in [0.29, 0.717) is 0 Å². The maximum atomic E-state index is 5.31. The summed E-state index contributed by atoms with van der Waals surface area (Å²) < 4.78 is 0. The van der Waals surface area contributed by atoms with E-state index in [4.69, 9.17) is 5.73 Å². The van der Waals surface area contributed by atoms with Crippen molar-refractivity contribution in [2.24, 2.45) is 5.73 Å². The summed E-state index contributed by atoms with van der Waals surface area (Å²) in [5.41, 5.74) is 7.95. The van der Waals surface area contributed by atoms with Gasteiger partial charge in [-0.2, -0.15) is 0 Å². The molecule has 0 saturated heterocycles.